The van der Waals surface area contributed by atoms with Crippen molar-refractivity contribution in [1.82, 2.24) is 4.90 Å². The maximum absolute atomic E-state index is 2.66. The van der Waals surface area contributed by atoms with E-state index in [1.54, 1.807) is 22.3 Å². The molecule has 0 aromatic heterocycles. The van der Waals surface area contributed by atoms with Gasteiger partial charge in [0.05, 0.1) is 0 Å². The Balaban J connectivity index is 1.48. The molecule has 1 saturated heterocycles. The number of benzene rings is 2. The Kier molecular flexibility index (Phi) is 3.12. The van der Waals surface area contributed by atoms with Gasteiger partial charge in [-0.15, -0.1) is 0 Å². The molecular formula is C22H25N. The van der Waals surface area contributed by atoms with Gasteiger partial charge in [0, 0.05) is 11.3 Å². The molecule has 0 amide bonds. The molecule has 2 aromatic rings. The van der Waals surface area contributed by atoms with E-state index < -0.39 is 0 Å². The van der Waals surface area contributed by atoms with E-state index >= 15 is 0 Å². The first kappa shape index (κ1) is 13.8. The van der Waals surface area contributed by atoms with Crippen LogP contribution in [-0.2, 0) is 5.41 Å². The summed E-state index contributed by atoms with van der Waals surface area (Å²) in [6.45, 7) is 3.93. The maximum Gasteiger partial charge on any atom is 0.0218 e. The van der Waals surface area contributed by atoms with Crippen LogP contribution < -0.4 is 0 Å². The van der Waals surface area contributed by atoms with Gasteiger partial charge in [0.25, 0.3) is 0 Å². The Morgan fingerprint density at radius 2 is 1.48 bits per heavy atom. The Morgan fingerprint density at radius 3 is 2.13 bits per heavy atom. The second-order valence-corrected chi connectivity index (χ2v) is 7.67. The normalized spacial score (nSPS) is 28.1. The lowest BCUT2D eigenvalue weighted by Gasteiger charge is -2.32. The quantitative estimate of drug-likeness (QED) is 0.791. The zero-order valence-electron chi connectivity index (χ0n) is 13.8. The van der Waals surface area contributed by atoms with Crippen molar-refractivity contribution >= 4 is 0 Å². The minimum absolute atomic E-state index is 0.303. The fourth-order valence-electron chi connectivity index (χ4n) is 5.56. The van der Waals surface area contributed by atoms with E-state index in [9.17, 15) is 0 Å². The highest BCUT2D eigenvalue weighted by Gasteiger charge is 2.51. The number of nitrogens with zero attached hydrogens (tertiary/aromatic N) is 1. The fourth-order valence-corrected chi connectivity index (χ4v) is 5.56. The molecule has 1 fully saturated rings. The number of hydrogen-bond donors (Lipinski definition) is 0. The third-order valence-electron chi connectivity index (χ3n) is 6.53. The van der Waals surface area contributed by atoms with Crippen LogP contribution in [0, 0.1) is 0 Å². The standard InChI is InChI=1S/C22H25N/c1-3-10-20-17(8-1)19-16-22(20,21-11-4-2-9-18(19)21)12-7-15-23-13-5-6-14-23/h1-4,8-11,19H,5-7,12-16H2. The lowest BCUT2D eigenvalue weighted by molar-refractivity contribution is 0.314. The summed E-state index contributed by atoms with van der Waals surface area (Å²) in [5.74, 6) is 0.647. The summed E-state index contributed by atoms with van der Waals surface area (Å²) in [4.78, 5) is 2.66. The number of rotatable bonds is 4. The molecule has 2 aromatic carbocycles. The number of likely N-dealkylation sites (tertiary alicyclic amines) is 1. The summed E-state index contributed by atoms with van der Waals surface area (Å²) in [5.41, 5.74) is 6.77. The van der Waals surface area contributed by atoms with E-state index in [1.165, 1.54) is 51.7 Å². The molecule has 0 N–H and O–H groups in total. The molecule has 0 radical (unpaired) electrons. The van der Waals surface area contributed by atoms with Crippen molar-refractivity contribution in [2.75, 3.05) is 19.6 Å². The summed E-state index contributed by atoms with van der Waals surface area (Å²) in [6, 6.07) is 18.5. The van der Waals surface area contributed by atoms with Crippen LogP contribution in [0.25, 0.3) is 0 Å². The third-order valence-corrected chi connectivity index (χ3v) is 6.53. The van der Waals surface area contributed by atoms with Crippen molar-refractivity contribution in [2.24, 2.45) is 0 Å². The number of hydrogen-bond acceptors (Lipinski definition) is 1. The van der Waals surface area contributed by atoms with Crippen molar-refractivity contribution in [3.8, 4) is 0 Å². The lowest BCUT2D eigenvalue weighted by atomic mass is 9.72. The highest BCUT2D eigenvalue weighted by atomic mass is 15.1. The highest BCUT2D eigenvalue weighted by molar-refractivity contribution is 5.62. The van der Waals surface area contributed by atoms with Crippen LogP contribution in [0.1, 0.15) is 60.3 Å². The average molecular weight is 303 g/mol. The lowest BCUT2D eigenvalue weighted by Crippen LogP contribution is -2.27. The SMILES string of the molecule is c1ccc2c(c1)C1CC2(CCCN2CCCC2)c2ccccc21. The second-order valence-electron chi connectivity index (χ2n) is 7.67. The van der Waals surface area contributed by atoms with Gasteiger partial charge in [0.15, 0.2) is 0 Å². The smallest absolute Gasteiger partial charge is 0.0218 e. The topological polar surface area (TPSA) is 3.24 Å². The van der Waals surface area contributed by atoms with Gasteiger partial charge in [0.1, 0.15) is 0 Å². The highest BCUT2D eigenvalue weighted by Crippen LogP contribution is 2.61. The second kappa shape index (κ2) is 5.21. The van der Waals surface area contributed by atoms with Crippen LogP contribution in [0.2, 0.25) is 0 Å². The Bertz CT molecular complexity index is 679. The zero-order chi connectivity index (χ0) is 15.3. The largest absolute Gasteiger partial charge is 0.303 e. The molecule has 23 heavy (non-hydrogen) atoms. The van der Waals surface area contributed by atoms with Crippen molar-refractivity contribution in [1.29, 1.82) is 0 Å². The van der Waals surface area contributed by atoms with Gasteiger partial charge in [-0.25, -0.2) is 0 Å². The van der Waals surface area contributed by atoms with Gasteiger partial charge in [0.2, 0.25) is 0 Å². The molecule has 5 rings (SSSR count). The first-order chi connectivity index (χ1) is 11.4. The van der Waals surface area contributed by atoms with Gasteiger partial charge in [-0.1, -0.05) is 48.5 Å². The molecule has 0 atom stereocenters. The van der Waals surface area contributed by atoms with E-state index in [1.807, 2.05) is 0 Å². The predicted octanol–water partition coefficient (Wildman–Crippen LogP) is 4.70. The number of fused-ring (bicyclic) bond motifs is 8. The minimum atomic E-state index is 0.303. The molecule has 1 heterocycles. The van der Waals surface area contributed by atoms with E-state index in [-0.39, 0.29) is 0 Å². The molecule has 1 aliphatic heterocycles. The average Bonchev–Trinajstić information content (AvgIpc) is 3.29. The monoisotopic (exact) mass is 303 g/mol. The summed E-state index contributed by atoms with van der Waals surface area (Å²) in [7, 11) is 0. The van der Waals surface area contributed by atoms with Crippen molar-refractivity contribution < 1.29 is 0 Å². The van der Waals surface area contributed by atoms with Crippen LogP contribution in [0.15, 0.2) is 48.5 Å². The minimum Gasteiger partial charge on any atom is -0.303 e. The van der Waals surface area contributed by atoms with Gasteiger partial charge in [-0.05, 0) is 74.0 Å². The Hall–Kier alpha value is -1.60. The Morgan fingerprint density at radius 1 is 0.870 bits per heavy atom. The molecule has 1 nitrogen and oxygen atoms in total. The molecule has 0 spiro atoms. The molecular weight excluding hydrogens is 278 g/mol. The first-order valence-electron chi connectivity index (χ1n) is 9.30. The van der Waals surface area contributed by atoms with Crippen LogP contribution in [-0.4, -0.2) is 24.5 Å². The molecule has 1 heteroatoms. The van der Waals surface area contributed by atoms with Crippen molar-refractivity contribution in [3.05, 3.63) is 70.8 Å². The summed E-state index contributed by atoms with van der Waals surface area (Å²) < 4.78 is 0. The third kappa shape index (κ3) is 1.96. The fraction of sp³-hybridized carbons (Fsp3) is 0.455. The molecule has 0 saturated carbocycles. The van der Waals surface area contributed by atoms with Gasteiger partial charge < -0.3 is 4.90 Å². The summed E-state index contributed by atoms with van der Waals surface area (Å²) in [6.07, 6.45) is 6.76. The van der Waals surface area contributed by atoms with Crippen LogP contribution in [0.5, 0.6) is 0 Å². The van der Waals surface area contributed by atoms with Gasteiger partial charge in [-0.2, -0.15) is 0 Å². The van der Waals surface area contributed by atoms with E-state index in [2.05, 4.69) is 53.4 Å². The first-order valence-corrected chi connectivity index (χ1v) is 9.30. The van der Waals surface area contributed by atoms with E-state index in [4.69, 9.17) is 0 Å². The molecule has 3 aliphatic rings. The Labute approximate surface area is 139 Å². The molecule has 2 bridgehead atoms. The summed E-state index contributed by atoms with van der Waals surface area (Å²) >= 11 is 0. The van der Waals surface area contributed by atoms with Gasteiger partial charge >= 0.3 is 0 Å². The van der Waals surface area contributed by atoms with Crippen LogP contribution in [0.4, 0.5) is 0 Å². The molecule has 0 unspecified atom stereocenters. The van der Waals surface area contributed by atoms with Gasteiger partial charge in [-0.3, -0.25) is 0 Å². The van der Waals surface area contributed by atoms with Crippen LogP contribution >= 0.6 is 0 Å². The van der Waals surface area contributed by atoms with Crippen LogP contribution in [0.3, 0.4) is 0 Å². The van der Waals surface area contributed by atoms with E-state index in [0.717, 1.165) is 0 Å². The molecule has 2 aliphatic carbocycles. The predicted molar refractivity (Wildman–Crippen MR) is 95.0 cm³/mol. The summed E-state index contributed by atoms with van der Waals surface area (Å²) in [5, 5.41) is 0. The van der Waals surface area contributed by atoms with Crippen molar-refractivity contribution in [2.45, 2.75) is 43.4 Å². The molecule has 118 valence electrons. The van der Waals surface area contributed by atoms with E-state index in [0.29, 0.717) is 11.3 Å². The van der Waals surface area contributed by atoms with Crippen molar-refractivity contribution in [3.63, 3.8) is 0 Å². The maximum atomic E-state index is 2.66. The zero-order valence-corrected chi connectivity index (χ0v) is 13.8.